The first-order valence-electron chi connectivity index (χ1n) is 5.02. The number of hydrogen-bond acceptors (Lipinski definition) is 5. The molecule has 94 valence electrons. The lowest BCUT2D eigenvalue weighted by Gasteiger charge is -2.09. The summed E-state index contributed by atoms with van der Waals surface area (Å²) in [5, 5.41) is 10.5. The molecule has 5 N–H and O–H groups in total. The number of nitrogens with two attached hydrogens (primary N) is 1. The van der Waals surface area contributed by atoms with Crippen molar-refractivity contribution in [3.63, 3.8) is 0 Å². The van der Waals surface area contributed by atoms with E-state index in [1.54, 1.807) is 18.2 Å². The Morgan fingerprint density at radius 2 is 2.28 bits per heavy atom. The Kier molecular flexibility index (Phi) is 3.17. The predicted molar refractivity (Wildman–Crippen MR) is 71.8 cm³/mol. The fourth-order valence-electron chi connectivity index (χ4n) is 1.67. The van der Waals surface area contributed by atoms with Gasteiger partial charge in [-0.05, 0) is 12.1 Å². The number of hydrogen-bond donors (Lipinski definition) is 4. The monoisotopic (exact) mass is 265 g/mol. The fourth-order valence-corrected chi connectivity index (χ4v) is 1.86. The first-order chi connectivity index (χ1) is 8.58. The topological polar surface area (TPSA) is 100 Å². The third-order valence-corrected chi connectivity index (χ3v) is 2.87. The molecule has 0 unspecified atom stereocenters. The summed E-state index contributed by atoms with van der Waals surface area (Å²) in [5.41, 5.74) is 2.07. The molecule has 0 radical (unpaired) electrons. The highest BCUT2D eigenvalue weighted by molar-refractivity contribution is 7.80. The lowest BCUT2D eigenvalue weighted by molar-refractivity contribution is 0.415. The Balaban J connectivity index is 2.79. The Bertz CT molecular complexity index is 681. The van der Waals surface area contributed by atoms with Crippen molar-refractivity contribution in [3.05, 3.63) is 34.1 Å². The number of methoxy groups -OCH3 is 1. The highest BCUT2D eigenvalue weighted by atomic mass is 32.1. The number of nitrogens with one attached hydrogen (secondary N) is 2. The SMILES string of the molecule is COc1ccc2c(O)c(C(=S)NN)c(=O)[nH]c2c1. The molecule has 2 aromatic rings. The van der Waals surface area contributed by atoms with Crippen molar-refractivity contribution in [1.82, 2.24) is 10.4 Å². The zero-order valence-electron chi connectivity index (χ0n) is 9.48. The summed E-state index contributed by atoms with van der Waals surface area (Å²) in [5.74, 6) is 5.52. The number of ether oxygens (including phenoxy) is 1. The van der Waals surface area contributed by atoms with Gasteiger partial charge in [0.25, 0.3) is 5.56 Å². The molecule has 0 saturated carbocycles. The van der Waals surface area contributed by atoms with Crippen LogP contribution >= 0.6 is 12.2 Å². The van der Waals surface area contributed by atoms with E-state index in [1.807, 2.05) is 0 Å². The molecular formula is C11H11N3O3S. The van der Waals surface area contributed by atoms with Crippen molar-refractivity contribution < 1.29 is 9.84 Å². The van der Waals surface area contributed by atoms with Crippen LogP contribution in [0.1, 0.15) is 5.56 Å². The van der Waals surface area contributed by atoms with E-state index < -0.39 is 5.56 Å². The van der Waals surface area contributed by atoms with Crippen molar-refractivity contribution in [3.8, 4) is 11.5 Å². The van der Waals surface area contributed by atoms with Gasteiger partial charge in [-0.1, -0.05) is 12.2 Å². The predicted octanol–water partition coefficient (Wildman–Crippen LogP) is 0.381. The smallest absolute Gasteiger partial charge is 0.262 e. The van der Waals surface area contributed by atoms with Crippen LogP contribution in [0.2, 0.25) is 0 Å². The van der Waals surface area contributed by atoms with Crippen LogP contribution in [-0.2, 0) is 0 Å². The van der Waals surface area contributed by atoms with Gasteiger partial charge in [-0.25, -0.2) is 5.84 Å². The van der Waals surface area contributed by atoms with Gasteiger partial charge in [-0.3, -0.25) is 4.79 Å². The maximum Gasteiger partial charge on any atom is 0.262 e. The van der Waals surface area contributed by atoms with E-state index in [0.29, 0.717) is 16.7 Å². The van der Waals surface area contributed by atoms with Crippen molar-refractivity contribution in [2.45, 2.75) is 0 Å². The van der Waals surface area contributed by atoms with Gasteiger partial charge in [-0.2, -0.15) is 0 Å². The molecule has 0 fully saturated rings. The lowest BCUT2D eigenvalue weighted by Crippen LogP contribution is -2.33. The van der Waals surface area contributed by atoms with Crippen LogP contribution in [0.5, 0.6) is 11.5 Å². The van der Waals surface area contributed by atoms with Gasteiger partial charge in [-0.15, -0.1) is 0 Å². The zero-order chi connectivity index (χ0) is 13.3. The largest absolute Gasteiger partial charge is 0.506 e. The minimum absolute atomic E-state index is 0.0218. The molecular weight excluding hydrogens is 254 g/mol. The number of aromatic amines is 1. The van der Waals surface area contributed by atoms with Crippen LogP contribution in [0, 0.1) is 0 Å². The Labute approximate surface area is 107 Å². The summed E-state index contributed by atoms with van der Waals surface area (Å²) in [6.07, 6.45) is 0. The van der Waals surface area contributed by atoms with E-state index in [-0.39, 0.29) is 16.3 Å². The second-order valence-corrected chi connectivity index (χ2v) is 3.97. The van der Waals surface area contributed by atoms with Crippen LogP contribution < -0.4 is 21.6 Å². The lowest BCUT2D eigenvalue weighted by atomic mass is 10.1. The van der Waals surface area contributed by atoms with Crippen molar-refractivity contribution >= 4 is 28.1 Å². The zero-order valence-corrected chi connectivity index (χ0v) is 10.3. The highest BCUT2D eigenvalue weighted by Gasteiger charge is 2.15. The van der Waals surface area contributed by atoms with E-state index >= 15 is 0 Å². The van der Waals surface area contributed by atoms with Gasteiger partial charge in [0.15, 0.2) is 0 Å². The Hall–Kier alpha value is -2.12. The molecule has 0 aliphatic heterocycles. The summed E-state index contributed by atoms with van der Waals surface area (Å²) in [6.45, 7) is 0. The van der Waals surface area contributed by atoms with Gasteiger partial charge < -0.3 is 20.3 Å². The van der Waals surface area contributed by atoms with Gasteiger partial charge in [0.1, 0.15) is 22.1 Å². The van der Waals surface area contributed by atoms with E-state index in [9.17, 15) is 9.90 Å². The number of benzene rings is 1. The minimum atomic E-state index is -0.517. The van der Waals surface area contributed by atoms with Crippen molar-refractivity contribution in [2.75, 3.05) is 7.11 Å². The van der Waals surface area contributed by atoms with Crippen LogP contribution in [0.4, 0.5) is 0 Å². The normalized spacial score (nSPS) is 10.3. The second kappa shape index (κ2) is 4.63. The highest BCUT2D eigenvalue weighted by Crippen LogP contribution is 2.27. The number of aromatic hydroxyl groups is 1. The van der Waals surface area contributed by atoms with E-state index in [4.69, 9.17) is 22.8 Å². The quantitative estimate of drug-likeness (QED) is 0.356. The van der Waals surface area contributed by atoms with Crippen molar-refractivity contribution in [2.24, 2.45) is 5.84 Å². The van der Waals surface area contributed by atoms with Gasteiger partial charge in [0.05, 0.1) is 12.6 Å². The average molecular weight is 265 g/mol. The van der Waals surface area contributed by atoms with Crippen molar-refractivity contribution in [1.29, 1.82) is 0 Å². The third kappa shape index (κ3) is 1.89. The summed E-state index contributed by atoms with van der Waals surface area (Å²) in [7, 11) is 1.51. The van der Waals surface area contributed by atoms with Crippen LogP contribution in [0.15, 0.2) is 23.0 Å². The van der Waals surface area contributed by atoms with Crippen LogP contribution in [-0.4, -0.2) is 22.2 Å². The fraction of sp³-hybridized carbons (Fsp3) is 0.0909. The molecule has 6 nitrogen and oxygen atoms in total. The van der Waals surface area contributed by atoms with Crippen LogP contribution in [0.3, 0.4) is 0 Å². The van der Waals surface area contributed by atoms with Gasteiger partial charge in [0.2, 0.25) is 0 Å². The maximum atomic E-state index is 11.8. The number of aromatic nitrogens is 1. The number of rotatable bonds is 2. The standard InChI is InChI=1S/C11H11N3O3S/c1-17-5-2-3-6-7(4-5)13-10(16)8(9(6)15)11(18)14-12/h2-4H,12H2,1H3,(H,14,18)(H2,13,15,16). The molecule has 0 amide bonds. The molecule has 1 aromatic carbocycles. The molecule has 0 aliphatic carbocycles. The Morgan fingerprint density at radius 1 is 1.56 bits per heavy atom. The number of pyridine rings is 1. The maximum absolute atomic E-state index is 11.8. The second-order valence-electron chi connectivity index (χ2n) is 3.56. The molecule has 1 heterocycles. The number of H-pyrrole nitrogens is 1. The number of thiocarbonyl (C=S) groups is 1. The van der Waals surface area contributed by atoms with Gasteiger partial charge >= 0.3 is 0 Å². The molecule has 0 bridgehead atoms. The van der Waals surface area contributed by atoms with Gasteiger partial charge in [0, 0.05) is 11.5 Å². The molecule has 2 rings (SSSR count). The molecule has 1 aromatic heterocycles. The summed E-state index contributed by atoms with van der Waals surface area (Å²) in [6, 6.07) is 4.91. The number of fused-ring (bicyclic) bond motifs is 1. The Morgan fingerprint density at radius 3 is 2.89 bits per heavy atom. The molecule has 0 aliphatic rings. The summed E-state index contributed by atoms with van der Waals surface area (Å²) < 4.78 is 5.04. The minimum Gasteiger partial charge on any atom is -0.506 e. The first-order valence-corrected chi connectivity index (χ1v) is 5.43. The number of hydrazine groups is 1. The first kappa shape index (κ1) is 12.3. The average Bonchev–Trinajstić information content (AvgIpc) is 2.37. The van der Waals surface area contributed by atoms with E-state index in [2.05, 4.69) is 10.4 Å². The third-order valence-electron chi connectivity index (χ3n) is 2.55. The molecule has 18 heavy (non-hydrogen) atoms. The van der Waals surface area contributed by atoms with E-state index in [1.165, 1.54) is 7.11 Å². The molecule has 0 saturated heterocycles. The molecule has 7 heteroatoms. The summed E-state index contributed by atoms with van der Waals surface area (Å²) in [4.78, 5) is 14.4. The van der Waals surface area contributed by atoms with Crippen LogP contribution in [0.25, 0.3) is 10.9 Å². The molecule has 0 atom stereocenters. The molecule has 0 spiro atoms. The van der Waals surface area contributed by atoms with E-state index in [0.717, 1.165) is 0 Å². The summed E-state index contributed by atoms with van der Waals surface area (Å²) >= 11 is 4.87.